The molecule has 3 rings (SSSR count). The van der Waals surface area contributed by atoms with Gasteiger partial charge in [0.15, 0.2) is 0 Å². The number of rotatable bonds is 3. The van der Waals surface area contributed by atoms with Gasteiger partial charge in [0, 0.05) is 32.4 Å². The lowest BCUT2D eigenvalue weighted by atomic mass is 10.1. The first-order valence-electron chi connectivity index (χ1n) is 9.97. The Morgan fingerprint density at radius 2 is 1.90 bits per heavy atom. The Kier molecular flexibility index (Phi) is 5.87. The van der Waals surface area contributed by atoms with Gasteiger partial charge in [0.25, 0.3) is 0 Å². The van der Waals surface area contributed by atoms with Crippen LogP contribution in [-0.4, -0.2) is 65.0 Å². The van der Waals surface area contributed by atoms with Crippen molar-refractivity contribution in [1.29, 1.82) is 5.26 Å². The van der Waals surface area contributed by atoms with Crippen LogP contribution in [0.5, 0.6) is 0 Å². The number of hydrogen-bond donors (Lipinski definition) is 0. The molecule has 1 amide bonds. The summed E-state index contributed by atoms with van der Waals surface area (Å²) in [6.07, 6.45) is 2.78. The van der Waals surface area contributed by atoms with E-state index < -0.39 is 11.6 Å². The third kappa shape index (κ3) is 4.17. The average Bonchev–Trinajstić information content (AvgIpc) is 3.03. The Labute approximate surface area is 175 Å². The van der Waals surface area contributed by atoms with Crippen molar-refractivity contribution >= 4 is 23.3 Å². The summed E-state index contributed by atoms with van der Waals surface area (Å²) in [5.74, 6) is -0.417. The SMILES string of the molecule is CCOC(=O)c1cn2ncc(C#N)c(N3CCN(C(=O)OC(C)(C)C)CC3)c2c1C. The second-order valence-electron chi connectivity index (χ2n) is 8.15. The monoisotopic (exact) mass is 413 g/mol. The van der Waals surface area contributed by atoms with Gasteiger partial charge in [-0.05, 0) is 40.2 Å². The Balaban J connectivity index is 1.92. The molecule has 0 saturated carbocycles. The van der Waals surface area contributed by atoms with Gasteiger partial charge >= 0.3 is 12.1 Å². The third-order valence-electron chi connectivity index (χ3n) is 4.89. The molecule has 2 aromatic rings. The van der Waals surface area contributed by atoms with Crippen LogP contribution in [0.4, 0.5) is 10.5 Å². The van der Waals surface area contributed by atoms with Crippen molar-refractivity contribution in [2.75, 3.05) is 37.7 Å². The van der Waals surface area contributed by atoms with Crippen molar-refractivity contribution in [3.63, 3.8) is 0 Å². The fourth-order valence-corrected chi connectivity index (χ4v) is 3.52. The maximum atomic E-state index is 12.4. The van der Waals surface area contributed by atoms with E-state index in [0.717, 1.165) is 0 Å². The smallest absolute Gasteiger partial charge is 0.410 e. The van der Waals surface area contributed by atoms with Crippen LogP contribution in [0, 0.1) is 18.3 Å². The lowest BCUT2D eigenvalue weighted by molar-refractivity contribution is 0.0240. The number of carbonyl (C=O) groups excluding carboxylic acids is 2. The zero-order valence-corrected chi connectivity index (χ0v) is 18.1. The molecule has 1 aliphatic rings. The van der Waals surface area contributed by atoms with Gasteiger partial charge in [-0.1, -0.05) is 0 Å². The molecule has 9 heteroatoms. The first-order valence-corrected chi connectivity index (χ1v) is 9.97. The summed E-state index contributed by atoms with van der Waals surface area (Å²) in [6, 6.07) is 2.20. The summed E-state index contributed by atoms with van der Waals surface area (Å²) in [5, 5.41) is 14.0. The van der Waals surface area contributed by atoms with Crippen LogP contribution in [0.2, 0.25) is 0 Å². The van der Waals surface area contributed by atoms with Crippen molar-refractivity contribution in [2.45, 2.75) is 40.2 Å². The van der Waals surface area contributed by atoms with Crippen LogP contribution in [0.1, 0.15) is 49.2 Å². The summed E-state index contributed by atoms with van der Waals surface area (Å²) in [5.41, 5.74) is 2.42. The highest BCUT2D eigenvalue weighted by Crippen LogP contribution is 2.31. The van der Waals surface area contributed by atoms with Gasteiger partial charge < -0.3 is 19.3 Å². The Morgan fingerprint density at radius 3 is 2.47 bits per heavy atom. The highest BCUT2D eigenvalue weighted by atomic mass is 16.6. The van der Waals surface area contributed by atoms with Crippen molar-refractivity contribution in [2.24, 2.45) is 0 Å². The third-order valence-corrected chi connectivity index (χ3v) is 4.89. The van der Waals surface area contributed by atoms with Crippen LogP contribution in [0.25, 0.3) is 5.52 Å². The summed E-state index contributed by atoms with van der Waals surface area (Å²) < 4.78 is 12.2. The van der Waals surface area contributed by atoms with Gasteiger partial charge in [0.2, 0.25) is 0 Å². The minimum absolute atomic E-state index is 0.279. The summed E-state index contributed by atoms with van der Waals surface area (Å²) >= 11 is 0. The number of carbonyl (C=O) groups is 2. The lowest BCUT2D eigenvalue weighted by Crippen LogP contribution is -2.50. The van der Waals surface area contributed by atoms with Gasteiger partial charge in [0.05, 0.1) is 35.1 Å². The lowest BCUT2D eigenvalue weighted by Gasteiger charge is -2.37. The molecule has 9 nitrogen and oxygen atoms in total. The number of fused-ring (bicyclic) bond motifs is 1. The average molecular weight is 413 g/mol. The van der Waals surface area contributed by atoms with Crippen LogP contribution in [0.3, 0.4) is 0 Å². The second-order valence-corrected chi connectivity index (χ2v) is 8.15. The van der Waals surface area contributed by atoms with Crippen molar-refractivity contribution < 1.29 is 19.1 Å². The first-order chi connectivity index (χ1) is 14.2. The Morgan fingerprint density at radius 1 is 1.23 bits per heavy atom. The number of aromatic nitrogens is 2. The molecule has 0 aliphatic carbocycles. The van der Waals surface area contributed by atoms with Crippen molar-refractivity contribution in [3.05, 3.63) is 29.1 Å². The zero-order chi connectivity index (χ0) is 22.1. The molecule has 1 aliphatic heterocycles. The fourth-order valence-electron chi connectivity index (χ4n) is 3.52. The number of hydrogen-bond acceptors (Lipinski definition) is 7. The van der Waals surface area contributed by atoms with E-state index in [1.54, 1.807) is 22.5 Å². The van der Waals surface area contributed by atoms with Gasteiger partial charge in [-0.3, -0.25) is 0 Å². The highest BCUT2D eigenvalue weighted by Gasteiger charge is 2.29. The van der Waals surface area contributed by atoms with Gasteiger partial charge in [-0.25, -0.2) is 14.1 Å². The standard InChI is InChI=1S/C21H27N5O4/c1-6-29-19(27)16-13-26-17(14(16)2)18(15(11-22)12-23-26)24-7-9-25(10-8-24)20(28)30-21(3,4)5/h12-13H,6-10H2,1-5H3. The Bertz CT molecular complexity index is 1010. The number of esters is 1. The van der Waals surface area contributed by atoms with E-state index in [-0.39, 0.29) is 12.7 Å². The van der Waals surface area contributed by atoms with E-state index in [9.17, 15) is 14.9 Å². The zero-order valence-electron chi connectivity index (χ0n) is 18.1. The van der Waals surface area contributed by atoms with Crippen molar-refractivity contribution in [3.8, 4) is 6.07 Å². The molecule has 0 bridgehead atoms. The largest absolute Gasteiger partial charge is 0.462 e. The minimum Gasteiger partial charge on any atom is -0.462 e. The van der Waals surface area contributed by atoms with E-state index in [4.69, 9.17) is 9.47 Å². The maximum absolute atomic E-state index is 12.4. The number of aryl methyl sites for hydroxylation is 1. The predicted octanol–water partition coefficient (Wildman–Crippen LogP) is 2.75. The molecule has 1 fully saturated rings. The maximum Gasteiger partial charge on any atom is 0.410 e. The normalized spacial score (nSPS) is 14.5. The molecule has 0 atom stereocenters. The van der Waals surface area contributed by atoms with Crippen LogP contribution in [-0.2, 0) is 9.47 Å². The summed E-state index contributed by atoms with van der Waals surface area (Å²) in [7, 11) is 0. The molecule has 160 valence electrons. The number of ether oxygens (including phenoxy) is 2. The van der Waals surface area contributed by atoms with E-state index in [1.807, 2.05) is 27.7 Å². The van der Waals surface area contributed by atoms with Crippen LogP contribution >= 0.6 is 0 Å². The van der Waals surface area contributed by atoms with E-state index in [2.05, 4.69) is 16.1 Å². The topological polar surface area (TPSA) is 100 Å². The molecule has 0 aromatic carbocycles. The van der Waals surface area contributed by atoms with Crippen LogP contribution in [0.15, 0.2) is 12.4 Å². The molecule has 0 spiro atoms. The highest BCUT2D eigenvalue weighted by molar-refractivity contribution is 5.96. The fraction of sp³-hybridized carbons (Fsp3) is 0.524. The summed E-state index contributed by atoms with van der Waals surface area (Å²) in [6.45, 7) is 11.4. The van der Waals surface area contributed by atoms with E-state index in [0.29, 0.717) is 54.1 Å². The molecule has 2 aromatic heterocycles. The Hall–Kier alpha value is -3.28. The molecule has 30 heavy (non-hydrogen) atoms. The summed E-state index contributed by atoms with van der Waals surface area (Å²) in [4.78, 5) is 28.4. The molecule has 0 radical (unpaired) electrons. The van der Waals surface area contributed by atoms with Gasteiger partial charge in [0.1, 0.15) is 11.7 Å². The van der Waals surface area contributed by atoms with E-state index >= 15 is 0 Å². The van der Waals surface area contributed by atoms with Crippen LogP contribution < -0.4 is 4.90 Å². The van der Waals surface area contributed by atoms with Crippen molar-refractivity contribution in [1.82, 2.24) is 14.5 Å². The molecule has 0 N–H and O–H groups in total. The predicted molar refractivity (Wildman–Crippen MR) is 111 cm³/mol. The number of nitrogens with zero attached hydrogens (tertiary/aromatic N) is 5. The van der Waals surface area contributed by atoms with E-state index in [1.165, 1.54) is 6.20 Å². The molecule has 1 saturated heterocycles. The van der Waals surface area contributed by atoms with Gasteiger partial charge in [-0.15, -0.1) is 0 Å². The van der Waals surface area contributed by atoms with Gasteiger partial charge in [-0.2, -0.15) is 10.4 Å². The first kappa shape index (κ1) is 21.4. The number of nitriles is 1. The minimum atomic E-state index is -0.550. The quantitative estimate of drug-likeness (QED) is 0.713. The molecular weight excluding hydrogens is 386 g/mol. The second kappa shape index (κ2) is 8.22. The number of piperazine rings is 1. The number of anilines is 1. The molecular formula is C21H27N5O4. The molecule has 0 unspecified atom stereocenters. The number of amides is 1. The molecule has 3 heterocycles.